The predicted molar refractivity (Wildman–Crippen MR) is 79.2 cm³/mol. The third kappa shape index (κ3) is 2.96. The molecule has 2 heterocycles. The molecule has 0 bridgehead atoms. The van der Waals surface area contributed by atoms with Crippen LogP contribution in [-0.4, -0.2) is 56.8 Å². The Morgan fingerprint density at radius 1 is 1.22 bits per heavy atom. The van der Waals surface area contributed by atoms with Crippen molar-refractivity contribution in [3.8, 4) is 11.5 Å². The van der Waals surface area contributed by atoms with E-state index in [0.717, 1.165) is 4.90 Å². The first kappa shape index (κ1) is 15.6. The summed E-state index contributed by atoms with van der Waals surface area (Å²) in [5.41, 5.74) is 0. The topological polar surface area (TPSA) is 102 Å². The second-order valence-corrected chi connectivity index (χ2v) is 7.39. The number of nitrogens with one attached hydrogen (secondary N) is 1. The predicted octanol–water partition coefficient (Wildman–Crippen LogP) is 0.172. The van der Waals surface area contributed by atoms with Gasteiger partial charge in [-0.05, 0) is 19.1 Å². The minimum atomic E-state index is -3.66. The van der Waals surface area contributed by atoms with Crippen LogP contribution in [-0.2, 0) is 14.6 Å². The maximum Gasteiger partial charge on any atom is 0.324 e. The zero-order valence-electron chi connectivity index (χ0n) is 12.4. The van der Waals surface area contributed by atoms with Gasteiger partial charge >= 0.3 is 6.03 Å². The van der Waals surface area contributed by atoms with Crippen LogP contribution >= 0.6 is 0 Å². The van der Waals surface area contributed by atoms with Crippen molar-refractivity contribution in [2.75, 3.05) is 25.5 Å². The minimum Gasteiger partial charge on any atom is -0.486 e. The van der Waals surface area contributed by atoms with E-state index < -0.39 is 27.8 Å². The summed E-state index contributed by atoms with van der Waals surface area (Å²) in [6, 6.07) is 3.17. The fraction of sp³-hybridized carbons (Fsp3) is 0.429. The Kier molecular flexibility index (Phi) is 3.88. The van der Waals surface area contributed by atoms with E-state index in [4.69, 9.17) is 9.47 Å². The molecule has 23 heavy (non-hydrogen) atoms. The molecule has 1 saturated heterocycles. The highest BCUT2D eigenvalue weighted by molar-refractivity contribution is 7.91. The minimum absolute atomic E-state index is 0.0712. The molecule has 8 nitrogen and oxygen atoms in total. The first-order valence-corrected chi connectivity index (χ1v) is 8.78. The molecule has 0 aromatic heterocycles. The lowest BCUT2D eigenvalue weighted by Gasteiger charge is -2.19. The SMILES string of the molecule is CC1NC(=O)N(CCS(=O)(=O)c2ccc3c(c2)OCCO3)C1=O. The van der Waals surface area contributed by atoms with Crippen LogP contribution in [0.2, 0.25) is 0 Å². The molecule has 3 rings (SSSR count). The van der Waals surface area contributed by atoms with Gasteiger partial charge in [0, 0.05) is 12.6 Å². The zero-order valence-corrected chi connectivity index (χ0v) is 13.3. The molecule has 3 amide bonds. The molecule has 1 N–H and O–H groups in total. The van der Waals surface area contributed by atoms with Crippen LogP contribution in [0.5, 0.6) is 11.5 Å². The summed E-state index contributed by atoms with van der Waals surface area (Å²) in [7, 11) is -3.66. The third-order valence-corrected chi connectivity index (χ3v) is 5.37. The number of rotatable bonds is 4. The van der Waals surface area contributed by atoms with E-state index in [9.17, 15) is 18.0 Å². The number of sulfone groups is 1. The van der Waals surface area contributed by atoms with Crippen LogP contribution in [0.1, 0.15) is 6.92 Å². The normalized spacial score (nSPS) is 20.6. The van der Waals surface area contributed by atoms with Gasteiger partial charge in [0.15, 0.2) is 21.3 Å². The monoisotopic (exact) mass is 340 g/mol. The summed E-state index contributed by atoms with van der Waals surface area (Å²) in [5, 5.41) is 2.44. The Labute approximate surface area is 133 Å². The second-order valence-electron chi connectivity index (χ2n) is 5.29. The van der Waals surface area contributed by atoms with Crippen molar-refractivity contribution in [2.24, 2.45) is 0 Å². The summed E-state index contributed by atoms with van der Waals surface area (Å²) in [6.07, 6.45) is 0. The molecular formula is C14H16N2O6S. The summed E-state index contributed by atoms with van der Waals surface area (Å²) < 4.78 is 35.5. The molecule has 0 saturated carbocycles. The largest absolute Gasteiger partial charge is 0.486 e. The molecule has 0 spiro atoms. The molecule has 124 valence electrons. The Morgan fingerprint density at radius 2 is 1.91 bits per heavy atom. The van der Waals surface area contributed by atoms with Gasteiger partial charge in [0.25, 0.3) is 5.91 Å². The Bertz CT molecular complexity index is 761. The van der Waals surface area contributed by atoms with Gasteiger partial charge in [-0.1, -0.05) is 0 Å². The van der Waals surface area contributed by atoms with E-state index in [1.807, 2.05) is 0 Å². The van der Waals surface area contributed by atoms with Crippen LogP contribution < -0.4 is 14.8 Å². The average Bonchev–Trinajstić information content (AvgIpc) is 2.77. The lowest BCUT2D eigenvalue weighted by molar-refractivity contribution is -0.126. The van der Waals surface area contributed by atoms with Gasteiger partial charge in [0.2, 0.25) is 0 Å². The first-order chi connectivity index (χ1) is 10.9. The standard InChI is InChI=1S/C14H16N2O6S/c1-9-13(17)16(14(18)15-9)4-7-23(19,20)10-2-3-11-12(8-10)22-6-5-21-11/h2-3,8-9H,4-7H2,1H3,(H,15,18). The lowest BCUT2D eigenvalue weighted by Crippen LogP contribution is -2.35. The van der Waals surface area contributed by atoms with Crippen LogP contribution in [0, 0.1) is 0 Å². The lowest BCUT2D eigenvalue weighted by atomic mass is 10.3. The van der Waals surface area contributed by atoms with E-state index in [2.05, 4.69) is 5.32 Å². The molecule has 1 atom stereocenters. The van der Waals surface area contributed by atoms with Gasteiger partial charge in [-0.3, -0.25) is 9.69 Å². The molecule has 1 aromatic rings. The van der Waals surface area contributed by atoms with Gasteiger partial charge in [-0.15, -0.1) is 0 Å². The van der Waals surface area contributed by atoms with Crippen molar-refractivity contribution >= 4 is 21.8 Å². The first-order valence-electron chi connectivity index (χ1n) is 7.13. The molecular weight excluding hydrogens is 324 g/mol. The summed E-state index contributed by atoms with van der Waals surface area (Å²) in [6.45, 7) is 2.14. The van der Waals surface area contributed by atoms with Crippen LogP contribution in [0.25, 0.3) is 0 Å². The quantitative estimate of drug-likeness (QED) is 0.784. The molecule has 2 aliphatic rings. The summed E-state index contributed by atoms with van der Waals surface area (Å²) >= 11 is 0. The number of amides is 3. The molecule has 1 unspecified atom stereocenters. The number of benzene rings is 1. The Morgan fingerprint density at radius 3 is 2.57 bits per heavy atom. The maximum atomic E-state index is 12.4. The van der Waals surface area contributed by atoms with E-state index >= 15 is 0 Å². The van der Waals surface area contributed by atoms with Crippen molar-refractivity contribution in [2.45, 2.75) is 17.9 Å². The second kappa shape index (κ2) is 5.73. The average molecular weight is 340 g/mol. The van der Waals surface area contributed by atoms with E-state index in [-0.39, 0.29) is 17.2 Å². The number of imide groups is 1. The highest BCUT2D eigenvalue weighted by atomic mass is 32.2. The van der Waals surface area contributed by atoms with Crippen molar-refractivity contribution in [1.82, 2.24) is 10.2 Å². The van der Waals surface area contributed by atoms with Crippen molar-refractivity contribution in [3.63, 3.8) is 0 Å². The Balaban J connectivity index is 1.74. The maximum absolute atomic E-state index is 12.4. The Hall–Kier alpha value is -2.29. The fourth-order valence-corrected chi connectivity index (χ4v) is 3.64. The number of nitrogens with zero attached hydrogens (tertiary/aromatic N) is 1. The van der Waals surface area contributed by atoms with E-state index in [1.165, 1.54) is 18.2 Å². The van der Waals surface area contributed by atoms with Crippen LogP contribution in [0.4, 0.5) is 4.79 Å². The van der Waals surface area contributed by atoms with Gasteiger partial charge in [-0.2, -0.15) is 0 Å². The molecule has 9 heteroatoms. The number of ether oxygens (including phenoxy) is 2. The number of carbonyl (C=O) groups is 2. The number of hydrogen-bond donors (Lipinski definition) is 1. The third-order valence-electron chi connectivity index (χ3n) is 3.68. The molecule has 0 radical (unpaired) electrons. The highest BCUT2D eigenvalue weighted by Crippen LogP contribution is 2.32. The van der Waals surface area contributed by atoms with Gasteiger partial charge in [-0.25, -0.2) is 13.2 Å². The number of hydrogen-bond acceptors (Lipinski definition) is 6. The smallest absolute Gasteiger partial charge is 0.324 e. The summed E-state index contributed by atoms with van der Waals surface area (Å²) in [4.78, 5) is 24.4. The van der Waals surface area contributed by atoms with Gasteiger partial charge in [0.05, 0.1) is 10.6 Å². The van der Waals surface area contributed by atoms with Crippen LogP contribution in [0.15, 0.2) is 23.1 Å². The molecule has 2 aliphatic heterocycles. The number of fused-ring (bicyclic) bond motifs is 1. The summed E-state index contributed by atoms with van der Waals surface area (Å²) in [5.74, 6) is 0.102. The highest BCUT2D eigenvalue weighted by Gasteiger charge is 2.35. The molecule has 0 aliphatic carbocycles. The molecule has 1 aromatic carbocycles. The molecule has 1 fully saturated rings. The number of carbonyl (C=O) groups excluding carboxylic acids is 2. The van der Waals surface area contributed by atoms with Gasteiger partial charge in [0.1, 0.15) is 19.3 Å². The fourth-order valence-electron chi connectivity index (χ4n) is 2.42. The van der Waals surface area contributed by atoms with Gasteiger partial charge < -0.3 is 14.8 Å². The number of urea groups is 1. The van der Waals surface area contributed by atoms with E-state index in [1.54, 1.807) is 6.92 Å². The van der Waals surface area contributed by atoms with E-state index in [0.29, 0.717) is 24.7 Å². The van der Waals surface area contributed by atoms with Crippen molar-refractivity contribution in [3.05, 3.63) is 18.2 Å². The van der Waals surface area contributed by atoms with Crippen LogP contribution in [0.3, 0.4) is 0 Å². The van der Waals surface area contributed by atoms with Crippen molar-refractivity contribution < 1.29 is 27.5 Å². The van der Waals surface area contributed by atoms with Crippen molar-refractivity contribution in [1.29, 1.82) is 0 Å². The zero-order chi connectivity index (χ0) is 16.6.